The van der Waals surface area contributed by atoms with Crippen molar-refractivity contribution >= 4 is 23.2 Å². The zero-order valence-electron chi connectivity index (χ0n) is 10.7. The Labute approximate surface area is 121 Å². The molecule has 3 nitrogen and oxygen atoms in total. The highest BCUT2D eigenvalue weighted by Crippen LogP contribution is 2.27. The molecule has 0 amide bonds. The minimum Gasteiger partial charge on any atom is -0.492 e. The van der Waals surface area contributed by atoms with Crippen LogP contribution in [0.15, 0.2) is 24.4 Å². The van der Waals surface area contributed by atoms with Crippen molar-refractivity contribution in [1.82, 2.24) is 9.97 Å². The predicted octanol–water partition coefficient (Wildman–Crippen LogP) is 4.62. The van der Waals surface area contributed by atoms with Crippen molar-refractivity contribution in [3.05, 3.63) is 40.4 Å². The molecule has 0 saturated heterocycles. The SMILES string of the molecule is CC.COc1cnc(-c2cc(Cl)ccc2F)nc1Cl. The minimum absolute atomic E-state index is 0.122. The first-order valence-corrected chi connectivity index (χ1v) is 6.39. The minimum atomic E-state index is -0.462. The molecule has 1 aromatic carbocycles. The lowest BCUT2D eigenvalue weighted by atomic mass is 10.2. The highest BCUT2D eigenvalue weighted by atomic mass is 35.5. The zero-order valence-corrected chi connectivity index (χ0v) is 12.3. The normalized spacial score (nSPS) is 9.58. The second-order valence-electron chi connectivity index (χ2n) is 3.18. The van der Waals surface area contributed by atoms with Crippen LogP contribution in [0.2, 0.25) is 10.2 Å². The first-order valence-electron chi connectivity index (χ1n) is 5.64. The molecule has 2 aromatic rings. The van der Waals surface area contributed by atoms with Gasteiger partial charge in [-0.1, -0.05) is 37.0 Å². The van der Waals surface area contributed by atoms with Gasteiger partial charge in [0.15, 0.2) is 16.7 Å². The Morgan fingerprint density at radius 2 is 1.89 bits per heavy atom. The van der Waals surface area contributed by atoms with Crippen LogP contribution in [0.3, 0.4) is 0 Å². The maximum atomic E-state index is 13.6. The van der Waals surface area contributed by atoms with Gasteiger partial charge in [-0.25, -0.2) is 14.4 Å². The maximum absolute atomic E-state index is 13.6. The van der Waals surface area contributed by atoms with Crippen molar-refractivity contribution in [2.45, 2.75) is 13.8 Å². The van der Waals surface area contributed by atoms with Crippen LogP contribution in [-0.2, 0) is 0 Å². The number of benzene rings is 1. The van der Waals surface area contributed by atoms with Gasteiger partial charge >= 0.3 is 0 Å². The van der Waals surface area contributed by atoms with Crippen molar-refractivity contribution in [3.8, 4) is 17.1 Å². The molecule has 0 atom stereocenters. The number of methoxy groups -OCH3 is 1. The summed E-state index contributed by atoms with van der Waals surface area (Å²) < 4.78 is 18.5. The number of nitrogens with zero attached hydrogens (tertiary/aromatic N) is 2. The van der Waals surface area contributed by atoms with Crippen LogP contribution < -0.4 is 4.74 Å². The number of rotatable bonds is 2. The maximum Gasteiger partial charge on any atom is 0.175 e. The summed E-state index contributed by atoms with van der Waals surface area (Å²) in [7, 11) is 1.45. The Hall–Kier alpha value is -1.39. The molecule has 0 spiro atoms. The summed E-state index contributed by atoms with van der Waals surface area (Å²) in [5.41, 5.74) is 0.196. The molecular weight excluding hydrogens is 290 g/mol. The van der Waals surface area contributed by atoms with E-state index in [9.17, 15) is 4.39 Å². The predicted molar refractivity (Wildman–Crippen MR) is 75.3 cm³/mol. The Morgan fingerprint density at radius 1 is 1.21 bits per heavy atom. The molecule has 0 saturated carbocycles. The van der Waals surface area contributed by atoms with E-state index in [1.165, 1.54) is 31.5 Å². The van der Waals surface area contributed by atoms with Gasteiger partial charge in [0.1, 0.15) is 5.82 Å². The van der Waals surface area contributed by atoms with E-state index in [1.807, 2.05) is 13.8 Å². The summed E-state index contributed by atoms with van der Waals surface area (Å²) in [6.45, 7) is 4.00. The van der Waals surface area contributed by atoms with Gasteiger partial charge in [-0.3, -0.25) is 0 Å². The second kappa shape index (κ2) is 7.26. The average Bonchev–Trinajstić information content (AvgIpc) is 2.43. The standard InChI is InChI=1S/C11H7Cl2FN2O.C2H6/c1-17-9-5-15-11(16-10(9)13)7-4-6(12)2-3-8(7)14;1-2/h2-5H,1H3;1-2H3. The smallest absolute Gasteiger partial charge is 0.175 e. The number of ether oxygens (including phenoxy) is 1. The fourth-order valence-corrected chi connectivity index (χ4v) is 1.66. The molecule has 1 aromatic heterocycles. The third-order valence-electron chi connectivity index (χ3n) is 2.10. The molecule has 0 unspecified atom stereocenters. The molecule has 0 bridgehead atoms. The van der Waals surface area contributed by atoms with Gasteiger partial charge in [-0.15, -0.1) is 0 Å². The molecule has 19 heavy (non-hydrogen) atoms. The average molecular weight is 303 g/mol. The topological polar surface area (TPSA) is 35.0 Å². The fraction of sp³-hybridized carbons (Fsp3) is 0.231. The van der Waals surface area contributed by atoms with E-state index < -0.39 is 5.82 Å². The summed E-state index contributed by atoms with van der Waals surface area (Å²) >= 11 is 11.6. The quantitative estimate of drug-likeness (QED) is 0.759. The molecule has 102 valence electrons. The monoisotopic (exact) mass is 302 g/mol. The van der Waals surface area contributed by atoms with E-state index in [-0.39, 0.29) is 16.5 Å². The number of halogens is 3. The van der Waals surface area contributed by atoms with E-state index in [2.05, 4.69) is 9.97 Å². The van der Waals surface area contributed by atoms with Crippen molar-refractivity contribution in [2.24, 2.45) is 0 Å². The number of aromatic nitrogens is 2. The van der Waals surface area contributed by atoms with Gasteiger partial charge in [0.25, 0.3) is 0 Å². The summed E-state index contributed by atoms with van der Waals surface area (Å²) in [6.07, 6.45) is 1.38. The van der Waals surface area contributed by atoms with E-state index in [0.717, 1.165) is 0 Å². The lowest BCUT2D eigenvalue weighted by Gasteiger charge is -2.05. The lowest BCUT2D eigenvalue weighted by Crippen LogP contribution is -1.95. The summed E-state index contributed by atoms with van der Waals surface area (Å²) in [5, 5.41) is 0.522. The van der Waals surface area contributed by atoms with E-state index >= 15 is 0 Å². The van der Waals surface area contributed by atoms with Gasteiger partial charge in [0.05, 0.1) is 18.9 Å². The first-order chi connectivity index (χ1) is 9.11. The van der Waals surface area contributed by atoms with Gasteiger partial charge in [-0.05, 0) is 18.2 Å². The highest BCUT2D eigenvalue weighted by Gasteiger charge is 2.11. The van der Waals surface area contributed by atoms with Gasteiger partial charge in [0.2, 0.25) is 0 Å². The van der Waals surface area contributed by atoms with E-state index in [4.69, 9.17) is 27.9 Å². The van der Waals surface area contributed by atoms with Gasteiger partial charge in [-0.2, -0.15) is 0 Å². The van der Waals surface area contributed by atoms with Crippen LogP contribution in [0.25, 0.3) is 11.4 Å². The summed E-state index contributed by atoms with van der Waals surface area (Å²) in [6, 6.07) is 4.14. The van der Waals surface area contributed by atoms with Gasteiger partial charge in [0, 0.05) is 5.02 Å². The van der Waals surface area contributed by atoms with Crippen LogP contribution >= 0.6 is 23.2 Å². The van der Waals surface area contributed by atoms with Crippen LogP contribution in [0.4, 0.5) is 4.39 Å². The summed E-state index contributed by atoms with van der Waals surface area (Å²) in [4.78, 5) is 7.91. The Bertz CT molecular complexity index is 564. The fourth-order valence-electron chi connectivity index (χ4n) is 1.29. The van der Waals surface area contributed by atoms with Crippen molar-refractivity contribution < 1.29 is 9.13 Å². The van der Waals surface area contributed by atoms with E-state index in [0.29, 0.717) is 10.8 Å². The van der Waals surface area contributed by atoms with Gasteiger partial charge < -0.3 is 4.74 Å². The first kappa shape index (κ1) is 15.7. The molecule has 0 radical (unpaired) electrons. The Balaban J connectivity index is 0.000000861. The third-order valence-corrected chi connectivity index (χ3v) is 2.61. The van der Waals surface area contributed by atoms with Crippen LogP contribution in [0, 0.1) is 5.82 Å². The molecule has 0 aliphatic heterocycles. The van der Waals surface area contributed by atoms with Crippen LogP contribution in [0.5, 0.6) is 5.75 Å². The largest absolute Gasteiger partial charge is 0.492 e. The van der Waals surface area contributed by atoms with Crippen molar-refractivity contribution in [2.75, 3.05) is 7.11 Å². The zero-order chi connectivity index (χ0) is 14.4. The van der Waals surface area contributed by atoms with Crippen molar-refractivity contribution in [3.63, 3.8) is 0 Å². The van der Waals surface area contributed by atoms with Crippen molar-refractivity contribution in [1.29, 1.82) is 0 Å². The van der Waals surface area contributed by atoms with Crippen LogP contribution in [-0.4, -0.2) is 17.1 Å². The molecule has 1 heterocycles. The Morgan fingerprint density at radius 3 is 2.47 bits per heavy atom. The Kier molecular flexibility index (Phi) is 5.99. The molecule has 2 rings (SSSR count). The molecule has 0 N–H and O–H groups in total. The highest BCUT2D eigenvalue weighted by molar-refractivity contribution is 6.31. The van der Waals surface area contributed by atoms with E-state index in [1.54, 1.807) is 0 Å². The molecule has 0 aliphatic carbocycles. The molecule has 0 fully saturated rings. The number of hydrogen-bond donors (Lipinski definition) is 0. The molecule has 0 aliphatic rings. The second-order valence-corrected chi connectivity index (χ2v) is 3.97. The number of hydrogen-bond acceptors (Lipinski definition) is 3. The summed E-state index contributed by atoms with van der Waals surface area (Å²) in [5.74, 6) is 0.0317. The lowest BCUT2D eigenvalue weighted by molar-refractivity contribution is 0.411. The molecule has 6 heteroatoms. The van der Waals surface area contributed by atoms with Crippen LogP contribution in [0.1, 0.15) is 13.8 Å². The molecular formula is C13H13Cl2FN2O. The third kappa shape index (κ3) is 3.78.